The lowest BCUT2D eigenvalue weighted by Gasteiger charge is -2.20. The van der Waals surface area contributed by atoms with Crippen LogP contribution in [0.2, 0.25) is 0 Å². The molecule has 0 aromatic carbocycles. The van der Waals surface area contributed by atoms with E-state index in [1.54, 1.807) is 11.8 Å². The zero-order chi connectivity index (χ0) is 11.5. The zero-order valence-electron chi connectivity index (χ0n) is 9.95. The van der Waals surface area contributed by atoms with Gasteiger partial charge in [0.05, 0.1) is 6.04 Å². The molecule has 0 heterocycles. The third-order valence-electron chi connectivity index (χ3n) is 3.54. The van der Waals surface area contributed by atoms with Gasteiger partial charge in [0.25, 0.3) is 0 Å². The van der Waals surface area contributed by atoms with Crippen molar-refractivity contribution in [1.29, 1.82) is 0 Å². The summed E-state index contributed by atoms with van der Waals surface area (Å²) in [5, 5.41) is 3.18. The van der Waals surface area contributed by atoms with Gasteiger partial charge in [0.2, 0.25) is 5.91 Å². The van der Waals surface area contributed by atoms with Crippen LogP contribution in [0, 0.1) is 11.8 Å². The molecule has 0 saturated heterocycles. The van der Waals surface area contributed by atoms with Crippen LogP contribution in [0.1, 0.15) is 32.1 Å². The van der Waals surface area contributed by atoms with Crippen LogP contribution in [0.15, 0.2) is 0 Å². The Morgan fingerprint density at radius 1 is 1.38 bits per heavy atom. The van der Waals surface area contributed by atoms with Crippen molar-refractivity contribution in [2.45, 2.75) is 44.2 Å². The fourth-order valence-corrected chi connectivity index (χ4v) is 2.67. The van der Waals surface area contributed by atoms with Crippen molar-refractivity contribution in [3.63, 3.8) is 0 Å². The van der Waals surface area contributed by atoms with E-state index in [1.165, 1.54) is 25.7 Å². The summed E-state index contributed by atoms with van der Waals surface area (Å²) in [5.74, 6) is 2.54. The maximum absolute atomic E-state index is 11.9. The van der Waals surface area contributed by atoms with Crippen LogP contribution in [0.3, 0.4) is 0 Å². The fourth-order valence-electron chi connectivity index (χ4n) is 2.18. The number of nitrogens with two attached hydrogens (primary N) is 1. The molecule has 2 fully saturated rings. The van der Waals surface area contributed by atoms with Crippen LogP contribution >= 0.6 is 11.8 Å². The smallest absolute Gasteiger partial charge is 0.237 e. The normalized spacial score (nSPS) is 22.2. The van der Waals surface area contributed by atoms with Gasteiger partial charge < -0.3 is 11.1 Å². The molecule has 0 aromatic heterocycles. The Labute approximate surface area is 102 Å². The van der Waals surface area contributed by atoms with Crippen molar-refractivity contribution in [2.75, 3.05) is 12.0 Å². The van der Waals surface area contributed by atoms with E-state index in [1.807, 2.05) is 6.26 Å². The average Bonchev–Trinajstić information content (AvgIpc) is 3.15. The van der Waals surface area contributed by atoms with Gasteiger partial charge in [-0.3, -0.25) is 4.79 Å². The van der Waals surface area contributed by atoms with E-state index in [0.717, 1.165) is 24.0 Å². The van der Waals surface area contributed by atoms with Gasteiger partial charge in [-0.2, -0.15) is 11.8 Å². The van der Waals surface area contributed by atoms with Gasteiger partial charge in [0, 0.05) is 6.04 Å². The molecule has 0 spiro atoms. The number of amides is 1. The van der Waals surface area contributed by atoms with Gasteiger partial charge in [-0.15, -0.1) is 0 Å². The minimum absolute atomic E-state index is 0.0675. The molecule has 3 nitrogen and oxygen atoms in total. The summed E-state index contributed by atoms with van der Waals surface area (Å²) in [4.78, 5) is 11.9. The first-order chi connectivity index (χ1) is 7.72. The topological polar surface area (TPSA) is 55.1 Å². The van der Waals surface area contributed by atoms with Crippen LogP contribution in [-0.4, -0.2) is 30.0 Å². The predicted octanol–water partition coefficient (Wildman–Crippen LogP) is 1.37. The number of nitrogens with one attached hydrogen (secondary N) is 1. The average molecular weight is 242 g/mol. The largest absolute Gasteiger partial charge is 0.351 e. The maximum atomic E-state index is 11.9. The lowest BCUT2D eigenvalue weighted by molar-refractivity contribution is -0.123. The minimum atomic E-state index is -0.313. The van der Waals surface area contributed by atoms with E-state index in [2.05, 4.69) is 5.32 Å². The summed E-state index contributed by atoms with van der Waals surface area (Å²) in [5.41, 5.74) is 5.87. The molecule has 0 unspecified atom stereocenters. The predicted molar refractivity (Wildman–Crippen MR) is 68.4 cm³/mol. The van der Waals surface area contributed by atoms with Crippen molar-refractivity contribution in [1.82, 2.24) is 5.32 Å². The Balaban J connectivity index is 1.75. The standard InChI is InChI=1S/C12H22N2OS/c1-16-7-6-10(13)12(15)14-11(8-2-3-8)9-4-5-9/h8-11H,2-7,13H2,1H3,(H,14,15)/t10-/m1/s1. The van der Waals surface area contributed by atoms with Crippen molar-refractivity contribution < 1.29 is 4.79 Å². The van der Waals surface area contributed by atoms with Gasteiger partial charge in [0.1, 0.15) is 0 Å². The summed E-state index contributed by atoms with van der Waals surface area (Å²) in [6, 6.07) is 0.125. The molecule has 0 aliphatic heterocycles. The lowest BCUT2D eigenvalue weighted by atomic mass is 10.1. The molecule has 0 bridgehead atoms. The molecule has 2 aliphatic carbocycles. The summed E-state index contributed by atoms with van der Waals surface area (Å²) >= 11 is 1.74. The van der Waals surface area contributed by atoms with Gasteiger partial charge in [-0.05, 0) is 55.9 Å². The fraction of sp³-hybridized carbons (Fsp3) is 0.917. The number of thioether (sulfide) groups is 1. The first kappa shape index (κ1) is 12.2. The SMILES string of the molecule is CSCC[C@@H](N)C(=O)NC(C1CC1)C1CC1. The molecule has 92 valence electrons. The Morgan fingerprint density at radius 2 is 1.94 bits per heavy atom. The van der Waals surface area contributed by atoms with E-state index in [4.69, 9.17) is 5.73 Å². The monoisotopic (exact) mass is 242 g/mol. The third kappa shape index (κ3) is 3.39. The molecule has 2 rings (SSSR count). The molecule has 4 heteroatoms. The van der Waals surface area contributed by atoms with Crippen molar-refractivity contribution in [2.24, 2.45) is 17.6 Å². The highest BCUT2D eigenvalue weighted by Crippen LogP contribution is 2.44. The Hall–Kier alpha value is -0.220. The van der Waals surface area contributed by atoms with E-state index in [0.29, 0.717) is 6.04 Å². The van der Waals surface area contributed by atoms with E-state index < -0.39 is 0 Å². The molecule has 0 aromatic rings. The minimum Gasteiger partial charge on any atom is -0.351 e. The van der Waals surface area contributed by atoms with Gasteiger partial charge in [0.15, 0.2) is 0 Å². The van der Waals surface area contributed by atoms with Crippen LogP contribution in [0.25, 0.3) is 0 Å². The van der Waals surface area contributed by atoms with Gasteiger partial charge in [-0.25, -0.2) is 0 Å². The second kappa shape index (κ2) is 5.41. The highest BCUT2D eigenvalue weighted by Gasteiger charge is 2.42. The second-order valence-corrected chi connectivity index (χ2v) is 6.08. The molecule has 1 atom stereocenters. The Kier molecular flexibility index (Phi) is 4.14. The quantitative estimate of drug-likeness (QED) is 0.709. The Bertz CT molecular complexity index is 239. The first-order valence-corrected chi connectivity index (χ1v) is 7.66. The highest BCUT2D eigenvalue weighted by molar-refractivity contribution is 7.98. The number of carbonyl (C=O) groups excluding carboxylic acids is 1. The number of carbonyl (C=O) groups is 1. The number of hydrogen-bond acceptors (Lipinski definition) is 3. The summed E-state index contributed by atoms with van der Waals surface area (Å²) in [7, 11) is 0. The number of rotatable bonds is 7. The third-order valence-corrected chi connectivity index (χ3v) is 4.18. The summed E-state index contributed by atoms with van der Waals surface area (Å²) in [6.45, 7) is 0. The highest BCUT2D eigenvalue weighted by atomic mass is 32.2. The van der Waals surface area contributed by atoms with Crippen LogP contribution < -0.4 is 11.1 Å². The van der Waals surface area contributed by atoms with E-state index in [9.17, 15) is 4.79 Å². The first-order valence-electron chi connectivity index (χ1n) is 6.27. The molecular formula is C12H22N2OS. The molecule has 2 aliphatic rings. The number of hydrogen-bond donors (Lipinski definition) is 2. The summed E-state index contributed by atoms with van der Waals surface area (Å²) in [6.07, 6.45) is 8.00. The van der Waals surface area contributed by atoms with E-state index in [-0.39, 0.29) is 11.9 Å². The molecule has 2 saturated carbocycles. The van der Waals surface area contributed by atoms with Gasteiger partial charge in [-0.1, -0.05) is 0 Å². The second-order valence-electron chi connectivity index (χ2n) is 5.10. The van der Waals surface area contributed by atoms with Gasteiger partial charge >= 0.3 is 0 Å². The summed E-state index contributed by atoms with van der Waals surface area (Å²) < 4.78 is 0. The van der Waals surface area contributed by atoms with Crippen molar-refractivity contribution >= 4 is 17.7 Å². The zero-order valence-corrected chi connectivity index (χ0v) is 10.8. The molecule has 1 amide bonds. The molecule has 3 N–H and O–H groups in total. The van der Waals surface area contributed by atoms with Crippen LogP contribution in [0.5, 0.6) is 0 Å². The molecular weight excluding hydrogens is 220 g/mol. The van der Waals surface area contributed by atoms with Crippen molar-refractivity contribution in [3.05, 3.63) is 0 Å². The Morgan fingerprint density at radius 3 is 2.38 bits per heavy atom. The van der Waals surface area contributed by atoms with E-state index >= 15 is 0 Å². The van der Waals surface area contributed by atoms with Crippen molar-refractivity contribution in [3.8, 4) is 0 Å². The molecule has 0 radical (unpaired) electrons. The lowest BCUT2D eigenvalue weighted by Crippen LogP contribution is -2.47. The molecule has 16 heavy (non-hydrogen) atoms. The maximum Gasteiger partial charge on any atom is 0.237 e. The van der Waals surface area contributed by atoms with Crippen LogP contribution in [0.4, 0.5) is 0 Å². The van der Waals surface area contributed by atoms with Crippen LogP contribution in [-0.2, 0) is 4.79 Å².